The van der Waals surface area contributed by atoms with Gasteiger partial charge in [-0.05, 0) is 18.2 Å². The highest BCUT2D eigenvalue weighted by Crippen LogP contribution is 2.20. The smallest absolute Gasteiger partial charge is 0.244 e. The third kappa shape index (κ3) is 3.95. The zero-order chi connectivity index (χ0) is 16.8. The summed E-state index contributed by atoms with van der Waals surface area (Å²) in [5, 5.41) is 13.9. The van der Waals surface area contributed by atoms with E-state index in [0.717, 1.165) is 11.4 Å². The van der Waals surface area contributed by atoms with Crippen LogP contribution in [0.4, 0.5) is 21.8 Å². The number of nitrogens with one attached hydrogen (secondary N) is 2. The van der Waals surface area contributed by atoms with Crippen LogP contribution in [0, 0.1) is 5.82 Å². The van der Waals surface area contributed by atoms with Crippen molar-refractivity contribution in [3.63, 3.8) is 0 Å². The van der Waals surface area contributed by atoms with Crippen molar-refractivity contribution in [2.24, 2.45) is 0 Å². The number of anilines is 3. The van der Waals surface area contributed by atoms with E-state index < -0.39 is 0 Å². The lowest BCUT2D eigenvalue weighted by atomic mass is 10.2. The van der Waals surface area contributed by atoms with Gasteiger partial charge in [-0.1, -0.05) is 24.3 Å². The highest BCUT2D eigenvalue weighted by Gasteiger charge is 2.04. The van der Waals surface area contributed by atoms with E-state index in [1.165, 1.54) is 12.3 Å². The van der Waals surface area contributed by atoms with Crippen LogP contribution in [0.2, 0.25) is 0 Å². The van der Waals surface area contributed by atoms with Crippen molar-refractivity contribution in [1.29, 1.82) is 0 Å². The minimum absolute atomic E-state index is 0.274. The van der Waals surface area contributed by atoms with Gasteiger partial charge in [0.05, 0.1) is 13.3 Å². The fraction of sp³-hybridized carbons (Fsp3) is 0.118. The van der Waals surface area contributed by atoms with E-state index >= 15 is 0 Å². The second-order valence-electron chi connectivity index (χ2n) is 4.97. The first kappa shape index (κ1) is 15.7. The Morgan fingerprint density at radius 1 is 1.12 bits per heavy atom. The van der Waals surface area contributed by atoms with Gasteiger partial charge in [-0.2, -0.15) is 10.1 Å². The number of hydrogen-bond acceptors (Lipinski definition) is 6. The van der Waals surface area contributed by atoms with Crippen LogP contribution in [0.5, 0.6) is 5.75 Å². The van der Waals surface area contributed by atoms with Gasteiger partial charge in [-0.3, -0.25) is 0 Å². The molecule has 2 aromatic carbocycles. The number of methoxy groups -OCH3 is 1. The molecule has 24 heavy (non-hydrogen) atoms. The van der Waals surface area contributed by atoms with E-state index in [4.69, 9.17) is 4.74 Å². The third-order valence-electron chi connectivity index (χ3n) is 3.30. The van der Waals surface area contributed by atoms with Crippen molar-refractivity contribution < 1.29 is 9.13 Å². The molecule has 3 aromatic rings. The second kappa shape index (κ2) is 7.36. The molecule has 0 radical (unpaired) electrons. The second-order valence-corrected chi connectivity index (χ2v) is 4.97. The Bertz CT molecular complexity index is 827. The maximum absolute atomic E-state index is 13.6. The van der Waals surface area contributed by atoms with Crippen molar-refractivity contribution in [2.45, 2.75) is 6.54 Å². The van der Waals surface area contributed by atoms with Gasteiger partial charge in [0.2, 0.25) is 5.95 Å². The van der Waals surface area contributed by atoms with Crippen LogP contribution in [-0.2, 0) is 6.54 Å². The van der Waals surface area contributed by atoms with Crippen molar-refractivity contribution in [1.82, 2.24) is 15.2 Å². The fourth-order valence-electron chi connectivity index (χ4n) is 2.10. The Kier molecular flexibility index (Phi) is 4.81. The van der Waals surface area contributed by atoms with Gasteiger partial charge in [0, 0.05) is 23.9 Å². The molecule has 1 heterocycles. The molecule has 0 aliphatic heterocycles. The Balaban J connectivity index is 1.68. The minimum atomic E-state index is -0.274. The number of aromatic nitrogens is 3. The summed E-state index contributed by atoms with van der Waals surface area (Å²) in [6.45, 7) is 0.275. The van der Waals surface area contributed by atoms with Crippen molar-refractivity contribution >= 4 is 17.5 Å². The van der Waals surface area contributed by atoms with E-state index in [0.29, 0.717) is 17.3 Å². The van der Waals surface area contributed by atoms with Gasteiger partial charge in [-0.25, -0.2) is 4.39 Å². The molecule has 7 heteroatoms. The van der Waals surface area contributed by atoms with Crippen molar-refractivity contribution in [3.8, 4) is 5.75 Å². The summed E-state index contributed by atoms with van der Waals surface area (Å²) >= 11 is 0. The van der Waals surface area contributed by atoms with E-state index in [9.17, 15) is 4.39 Å². The van der Waals surface area contributed by atoms with Crippen LogP contribution < -0.4 is 15.4 Å². The monoisotopic (exact) mass is 325 g/mol. The summed E-state index contributed by atoms with van der Waals surface area (Å²) in [6, 6.07) is 14.0. The van der Waals surface area contributed by atoms with Crippen LogP contribution in [-0.4, -0.2) is 22.3 Å². The zero-order valence-electron chi connectivity index (χ0n) is 13.0. The Hall–Kier alpha value is -3.22. The molecule has 0 saturated carbocycles. The SMILES string of the molecule is COc1cccc(Nc2cnnc(NCc3ccccc3F)n2)c1. The van der Waals surface area contributed by atoms with Gasteiger partial charge >= 0.3 is 0 Å². The molecule has 0 fully saturated rings. The maximum atomic E-state index is 13.6. The zero-order valence-corrected chi connectivity index (χ0v) is 13.0. The number of hydrogen-bond donors (Lipinski definition) is 2. The Morgan fingerprint density at radius 3 is 2.83 bits per heavy atom. The van der Waals surface area contributed by atoms with Gasteiger partial charge < -0.3 is 15.4 Å². The molecule has 0 atom stereocenters. The molecule has 6 nitrogen and oxygen atoms in total. The largest absolute Gasteiger partial charge is 0.497 e. The Morgan fingerprint density at radius 2 is 2.00 bits per heavy atom. The Labute approximate surface area is 138 Å². The molecule has 1 aromatic heterocycles. The highest BCUT2D eigenvalue weighted by molar-refractivity contribution is 5.58. The minimum Gasteiger partial charge on any atom is -0.497 e. The first-order valence-corrected chi connectivity index (χ1v) is 7.32. The van der Waals surface area contributed by atoms with Crippen LogP contribution in [0.15, 0.2) is 54.7 Å². The topological polar surface area (TPSA) is 72.0 Å². The van der Waals surface area contributed by atoms with Crippen LogP contribution >= 0.6 is 0 Å². The summed E-state index contributed by atoms with van der Waals surface area (Å²) in [6.07, 6.45) is 1.51. The number of nitrogens with zero attached hydrogens (tertiary/aromatic N) is 3. The number of benzene rings is 2. The number of ether oxygens (including phenoxy) is 1. The number of rotatable bonds is 6. The van der Waals surface area contributed by atoms with E-state index in [1.807, 2.05) is 24.3 Å². The molecule has 0 amide bonds. The van der Waals surface area contributed by atoms with Gasteiger partial charge in [0.25, 0.3) is 0 Å². The van der Waals surface area contributed by atoms with E-state index in [-0.39, 0.29) is 12.4 Å². The molecule has 2 N–H and O–H groups in total. The standard InChI is InChI=1S/C17H16FN5O/c1-24-14-7-4-6-13(9-14)21-16-11-20-23-17(22-16)19-10-12-5-2-3-8-15(12)18/h2-9,11H,10H2,1H3,(H2,19,21,22,23). The summed E-state index contributed by atoms with van der Waals surface area (Å²) in [5.41, 5.74) is 1.35. The summed E-state index contributed by atoms with van der Waals surface area (Å²) in [5.74, 6) is 1.30. The quantitative estimate of drug-likeness (QED) is 0.724. The third-order valence-corrected chi connectivity index (χ3v) is 3.30. The van der Waals surface area contributed by atoms with E-state index in [2.05, 4.69) is 25.8 Å². The summed E-state index contributed by atoms with van der Waals surface area (Å²) < 4.78 is 18.8. The molecule has 0 bridgehead atoms. The van der Waals surface area contributed by atoms with Gasteiger partial charge in [-0.15, -0.1) is 5.10 Å². The molecule has 0 saturated heterocycles. The first-order chi connectivity index (χ1) is 11.7. The van der Waals surface area contributed by atoms with Crippen molar-refractivity contribution in [3.05, 3.63) is 66.1 Å². The molecule has 3 rings (SSSR count). The van der Waals surface area contributed by atoms with Gasteiger partial charge in [0.1, 0.15) is 11.6 Å². The molecule has 0 aliphatic rings. The lowest BCUT2D eigenvalue weighted by Gasteiger charge is -2.09. The molecular weight excluding hydrogens is 309 g/mol. The molecule has 0 aliphatic carbocycles. The van der Waals surface area contributed by atoms with E-state index in [1.54, 1.807) is 25.3 Å². The normalized spacial score (nSPS) is 10.2. The number of halogens is 1. The fourth-order valence-corrected chi connectivity index (χ4v) is 2.10. The molecule has 122 valence electrons. The summed E-state index contributed by atoms with van der Waals surface area (Å²) in [7, 11) is 1.61. The first-order valence-electron chi connectivity index (χ1n) is 7.32. The lowest BCUT2D eigenvalue weighted by Crippen LogP contribution is -2.07. The maximum Gasteiger partial charge on any atom is 0.244 e. The van der Waals surface area contributed by atoms with Crippen molar-refractivity contribution in [2.75, 3.05) is 17.7 Å². The average molecular weight is 325 g/mol. The predicted molar refractivity (Wildman–Crippen MR) is 89.8 cm³/mol. The van der Waals surface area contributed by atoms with Crippen LogP contribution in [0.1, 0.15) is 5.56 Å². The molecule has 0 unspecified atom stereocenters. The average Bonchev–Trinajstić information content (AvgIpc) is 2.61. The summed E-state index contributed by atoms with van der Waals surface area (Å²) in [4.78, 5) is 4.31. The predicted octanol–water partition coefficient (Wildman–Crippen LogP) is 3.38. The lowest BCUT2D eigenvalue weighted by molar-refractivity contribution is 0.415. The van der Waals surface area contributed by atoms with Crippen LogP contribution in [0.25, 0.3) is 0 Å². The highest BCUT2D eigenvalue weighted by atomic mass is 19.1. The van der Waals surface area contributed by atoms with Crippen LogP contribution in [0.3, 0.4) is 0 Å². The molecule has 0 spiro atoms. The molecular formula is C17H16FN5O. The van der Waals surface area contributed by atoms with Gasteiger partial charge in [0.15, 0.2) is 5.82 Å².